The van der Waals surface area contributed by atoms with Crippen LogP contribution in [0.15, 0.2) is 84.4 Å². The monoisotopic (exact) mass is 616 g/mol. The van der Waals surface area contributed by atoms with Gasteiger partial charge in [0.2, 0.25) is 0 Å². The molecule has 0 saturated heterocycles. The van der Waals surface area contributed by atoms with Crippen molar-refractivity contribution in [3.8, 4) is 22.3 Å². The van der Waals surface area contributed by atoms with E-state index < -0.39 is 27.4 Å². The molecule has 0 saturated carbocycles. The van der Waals surface area contributed by atoms with Crippen LogP contribution in [0.25, 0.3) is 28.3 Å². The van der Waals surface area contributed by atoms with Crippen molar-refractivity contribution in [3.63, 3.8) is 0 Å². The second-order valence-corrected chi connectivity index (χ2v) is 26.6. The molecule has 0 fully saturated rings. The van der Waals surface area contributed by atoms with Gasteiger partial charge in [-0.25, -0.2) is 0 Å². The molecular formula is C33H32Cl2SiZr. The predicted molar refractivity (Wildman–Crippen MR) is 163 cm³/mol. The molecule has 1 aliphatic heterocycles. The number of hydrogen-bond acceptors (Lipinski definition) is 0. The van der Waals surface area contributed by atoms with Crippen LogP contribution in [0.4, 0.5) is 0 Å². The average molecular weight is 619 g/mol. The Hall–Kier alpha value is -1.70. The van der Waals surface area contributed by atoms with Crippen LogP contribution in [-0.2, 0) is 24.3 Å². The number of fused-ring (bicyclic) bond motifs is 4. The third kappa shape index (κ3) is 4.11. The van der Waals surface area contributed by atoms with E-state index in [2.05, 4.69) is 113 Å². The fourth-order valence-corrected chi connectivity index (χ4v) is 23.7. The molecule has 0 radical (unpaired) electrons. The molecule has 0 spiro atoms. The molecule has 0 N–H and O–H groups in total. The molecule has 6 rings (SSSR count). The fraction of sp³-hybridized carbons (Fsp3) is 0.212. The van der Waals surface area contributed by atoms with Crippen molar-refractivity contribution in [3.05, 3.63) is 107 Å². The molecule has 0 aromatic heterocycles. The van der Waals surface area contributed by atoms with Crippen molar-refractivity contribution in [1.29, 1.82) is 0 Å². The van der Waals surface area contributed by atoms with E-state index in [1.807, 2.05) is 0 Å². The molecule has 4 heteroatoms. The zero-order chi connectivity index (χ0) is 25.9. The molecule has 1 unspecified atom stereocenters. The van der Waals surface area contributed by atoms with Gasteiger partial charge in [-0.15, -0.1) is 0 Å². The number of halogens is 2. The maximum atomic E-state index is 7.73. The standard InChI is InChI=1S/C21H23.C12H9Si.2ClH.Zr/c1-5-16-10-11-17-12-15(4)13-20(17)21(16)19-9-7-6-8-18(19)14(2)3;1-3-7-11-9(5-1)10-6-2-4-8-12(10)13-11;;;/h6-14H,5H2,1-4H3;1-7H,13H2;2*1H;/q;;;;+2/p-2. The number of benzene rings is 4. The van der Waals surface area contributed by atoms with E-state index in [1.54, 1.807) is 0 Å². The summed E-state index contributed by atoms with van der Waals surface area (Å²) < 4.78 is 1.42. The zero-order valence-corrected chi connectivity index (χ0v) is 27.3. The Bertz CT molecular complexity index is 1570. The fourth-order valence-electron chi connectivity index (χ4n) is 6.59. The summed E-state index contributed by atoms with van der Waals surface area (Å²) in [7, 11) is 14.9. The SMILES string of the molecule is CCc1ccc2c(c1-c1ccccc1C(C)C)C=C(C)[CH]2[Zr]([Cl])([Cl])[c]1cccc2c1[SiH2]c1ccccc1-2. The predicted octanol–water partition coefficient (Wildman–Crippen LogP) is 7.38. The summed E-state index contributed by atoms with van der Waals surface area (Å²) in [6, 6.07) is 29.2. The molecular weight excluding hydrogens is 587 g/mol. The van der Waals surface area contributed by atoms with Crippen LogP contribution in [0.5, 0.6) is 0 Å². The molecule has 4 aromatic carbocycles. The number of allylic oxidation sites excluding steroid dienone is 1. The van der Waals surface area contributed by atoms with Gasteiger partial charge < -0.3 is 0 Å². The Morgan fingerprint density at radius 1 is 0.838 bits per heavy atom. The number of aryl methyl sites for hydroxylation is 1. The van der Waals surface area contributed by atoms with Gasteiger partial charge in [0.25, 0.3) is 0 Å². The molecule has 0 amide bonds. The van der Waals surface area contributed by atoms with Crippen LogP contribution in [0, 0.1) is 0 Å². The first-order valence-corrected chi connectivity index (χ1v) is 23.7. The molecule has 186 valence electrons. The van der Waals surface area contributed by atoms with Crippen molar-refractivity contribution in [2.24, 2.45) is 0 Å². The summed E-state index contributed by atoms with van der Waals surface area (Å²) in [6.07, 6.45) is 3.40. The van der Waals surface area contributed by atoms with Crippen molar-refractivity contribution < 1.29 is 17.9 Å². The van der Waals surface area contributed by atoms with E-state index in [0.717, 1.165) is 6.42 Å². The Balaban J connectivity index is 1.52. The van der Waals surface area contributed by atoms with Crippen molar-refractivity contribution >= 4 is 46.3 Å². The van der Waals surface area contributed by atoms with Crippen molar-refractivity contribution in [2.45, 2.75) is 43.7 Å². The first kappa shape index (κ1) is 25.6. The average Bonchev–Trinajstić information content (AvgIpc) is 3.45. The quantitative estimate of drug-likeness (QED) is 0.180. The summed E-state index contributed by atoms with van der Waals surface area (Å²) in [5, 5.41) is 3.00. The van der Waals surface area contributed by atoms with Crippen LogP contribution in [0.1, 0.15) is 59.5 Å². The molecule has 4 aromatic rings. The van der Waals surface area contributed by atoms with Crippen LogP contribution in [-0.4, -0.2) is 9.52 Å². The van der Waals surface area contributed by atoms with Gasteiger partial charge in [-0.1, -0.05) is 0 Å². The van der Waals surface area contributed by atoms with E-state index in [0.29, 0.717) is 5.92 Å². The molecule has 2 aliphatic rings. The van der Waals surface area contributed by atoms with Gasteiger partial charge in [0.15, 0.2) is 0 Å². The molecule has 1 heterocycles. The topological polar surface area (TPSA) is 0 Å². The Morgan fingerprint density at radius 2 is 1.54 bits per heavy atom. The Morgan fingerprint density at radius 3 is 2.30 bits per heavy atom. The van der Waals surface area contributed by atoms with Crippen LogP contribution in [0.2, 0.25) is 0 Å². The second-order valence-electron chi connectivity index (χ2n) is 10.8. The number of hydrogen-bond donors (Lipinski definition) is 0. The first-order chi connectivity index (χ1) is 17.8. The van der Waals surface area contributed by atoms with Gasteiger partial charge in [0, 0.05) is 0 Å². The third-order valence-corrected chi connectivity index (χ3v) is 22.9. The normalized spacial score (nSPS) is 16.6. The van der Waals surface area contributed by atoms with Gasteiger partial charge in [-0.3, -0.25) is 0 Å². The van der Waals surface area contributed by atoms with Crippen LogP contribution >= 0.6 is 17.0 Å². The summed E-state index contributed by atoms with van der Waals surface area (Å²) in [4.78, 5) is 0. The molecule has 1 aliphatic carbocycles. The van der Waals surface area contributed by atoms with Crippen LogP contribution in [0.3, 0.4) is 0 Å². The van der Waals surface area contributed by atoms with Gasteiger partial charge in [0.1, 0.15) is 0 Å². The van der Waals surface area contributed by atoms with E-state index in [4.69, 9.17) is 17.0 Å². The van der Waals surface area contributed by atoms with Crippen molar-refractivity contribution in [2.75, 3.05) is 0 Å². The second kappa shape index (κ2) is 9.80. The van der Waals surface area contributed by atoms with E-state index in [1.165, 1.54) is 63.7 Å². The van der Waals surface area contributed by atoms with Crippen molar-refractivity contribution in [1.82, 2.24) is 0 Å². The Kier molecular flexibility index (Phi) is 6.77. The summed E-state index contributed by atoms with van der Waals surface area (Å²) in [5.74, 6) is 0.455. The van der Waals surface area contributed by atoms with E-state index in [9.17, 15) is 0 Å². The number of rotatable bonds is 5. The Labute approximate surface area is 235 Å². The molecule has 0 bridgehead atoms. The summed E-state index contributed by atoms with van der Waals surface area (Å²) in [5.41, 5.74) is 12.3. The minimum absolute atomic E-state index is 0.118. The zero-order valence-electron chi connectivity index (χ0n) is 21.9. The van der Waals surface area contributed by atoms with E-state index in [-0.39, 0.29) is 3.63 Å². The van der Waals surface area contributed by atoms with Gasteiger partial charge in [0.05, 0.1) is 0 Å². The summed E-state index contributed by atoms with van der Waals surface area (Å²) >= 11 is -3.90. The summed E-state index contributed by atoms with van der Waals surface area (Å²) in [6.45, 7) is 9.08. The van der Waals surface area contributed by atoms with E-state index >= 15 is 0 Å². The molecule has 0 nitrogen and oxygen atoms in total. The van der Waals surface area contributed by atoms with Crippen LogP contribution < -0.4 is 13.6 Å². The minimum atomic E-state index is -3.90. The maximum absolute atomic E-state index is 7.73. The third-order valence-electron chi connectivity index (χ3n) is 8.31. The molecule has 1 atom stereocenters. The van der Waals surface area contributed by atoms with Gasteiger partial charge in [-0.05, 0) is 0 Å². The first-order valence-electron chi connectivity index (χ1n) is 13.3. The molecule has 37 heavy (non-hydrogen) atoms. The van der Waals surface area contributed by atoms with Gasteiger partial charge >= 0.3 is 237 Å². The van der Waals surface area contributed by atoms with Gasteiger partial charge in [-0.2, -0.15) is 0 Å².